The molecule has 1 aromatic heterocycles. The molecule has 0 atom stereocenters. The highest BCUT2D eigenvalue weighted by atomic mass is 16.5. The van der Waals surface area contributed by atoms with Crippen LogP contribution in [-0.4, -0.2) is 46.9 Å². The van der Waals surface area contributed by atoms with E-state index >= 15 is 0 Å². The van der Waals surface area contributed by atoms with Gasteiger partial charge in [0, 0.05) is 13.1 Å². The van der Waals surface area contributed by atoms with Crippen molar-refractivity contribution in [2.75, 3.05) is 32.0 Å². The molecule has 1 aromatic carbocycles. The van der Waals surface area contributed by atoms with Crippen molar-refractivity contribution in [3.05, 3.63) is 41.7 Å². The highest BCUT2D eigenvalue weighted by Gasteiger charge is 2.26. The number of rotatable bonds is 2. The number of nitriles is 1. The van der Waals surface area contributed by atoms with Crippen LogP contribution in [-0.2, 0) is 4.74 Å². The van der Waals surface area contributed by atoms with Gasteiger partial charge in [-0.2, -0.15) is 10.4 Å². The first-order valence-electron chi connectivity index (χ1n) is 6.93. The maximum Gasteiger partial charge on any atom is 0.276 e. The molecule has 0 spiro atoms. The Balaban J connectivity index is 2.01. The summed E-state index contributed by atoms with van der Waals surface area (Å²) < 4.78 is 6.64. The number of benzene rings is 1. The summed E-state index contributed by atoms with van der Waals surface area (Å²) in [5, 5.41) is 13.6. The smallest absolute Gasteiger partial charge is 0.276 e. The van der Waals surface area contributed by atoms with Crippen LogP contribution in [0.1, 0.15) is 16.2 Å². The lowest BCUT2D eigenvalue weighted by atomic mass is 10.2. The Morgan fingerprint density at radius 2 is 1.95 bits per heavy atom. The van der Waals surface area contributed by atoms with E-state index in [4.69, 9.17) is 10.5 Å². The Kier molecular flexibility index (Phi) is 3.76. The highest BCUT2D eigenvalue weighted by molar-refractivity contribution is 5.98. The van der Waals surface area contributed by atoms with Crippen molar-refractivity contribution in [3.63, 3.8) is 0 Å². The lowest BCUT2D eigenvalue weighted by Gasteiger charge is -2.26. The fourth-order valence-corrected chi connectivity index (χ4v) is 2.37. The van der Waals surface area contributed by atoms with Gasteiger partial charge in [0.15, 0.2) is 11.4 Å². The van der Waals surface area contributed by atoms with Crippen LogP contribution < -0.4 is 5.73 Å². The Morgan fingerprint density at radius 1 is 1.27 bits per heavy atom. The zero-order valence-corrected chi connectivity index (χ0v) is 11.9. The Hall–Kier alpha value is -2.85. The molecule has 7 nitrogen and oxygen atoms in total. The van der Waals surface area contributed by atoms with Gasteiger partial charge in [-0.1, -0.05) is 18.2 Å². The summed E-state index contributed by atoms with van der Waals surface area (Å²) in [6, 6.07) is 11.1. The number of nitrogens with zero attached hydrogens (tertiary/aromatic N) is 4. The van der Waals surface area contributed by atoms with Crippen LogP contribution in [0.15, 0.2) is 30.3 Å². The third-order valence-corrected chi connectivity index (χ3v) is 3.53. The maximum absolute atomic E-state index is 12.5. The second kappa shape index (κ2) is 5.87. The van der Waals surface area contributed by atoms with Gasteiger partial charge < -0.3 is 15.4 Å². The first-order valence-corrected chi connectivity index (χ1v) is 6.93. The predicted octanol–water partition coefficient (Wildman–Crippen LogP) is 0.799. The molecule has 2 aromatic rings. The summed E-state index contributed by atoms with van der Waals surface area (Å²) >= 11 is 0. The minimum Gasteiger partial charge on any atom is -0.394 e. The number of nitrogen functional groups attached to an aromatic ring is 1. The van der Waals surface area contributed by atoms with E-state index in [1.54, 1.807) is 17.0 Å². The molecule has 1 aliphatic rings. The quantitative estimate of drug-likeness (QED) is 0.884. The van der Waals surface area contributed by atoms with Gasteiger partial charge in [-0.05, 0) is 12.1 Å². The van der Waals surface area contributed by atoms with Gasteiger partial charge in [0.05, 0.1) is 18.9 Å². The topological polar surface area (TPSA) is 97.2 Å². The van der Waals surface area contributed by atoms with Crippen molar-refractivity contribution < 1.29 is 9.53 Å². The van der Waals surface area contributed by atoms with Crippen molar-refractivity contribution in [1.29, 1.82) is 5.26 Å². The average Bonchev–Trinajstić information content (AvgIpc) is 2.92. The SMILES string of the molecule is N#Cc1c(N)c(C(=O)N2CCOCC2)nn1-c1ccccc1. The normalized spacial score (nSPS) is 14.6. The molecule has 0 saturated carbocycles. The number of carbonyl (C=O) groups is 1. The van der Waals surface area contributed by atoms with Gasteiger partial charge >= 0.3 is 0 Å². The molecule has 22 heavy (non-hydrogen) atoms. The van der Waals surface area contributed by atoms with Crippen LogP contribution >= 0.6 is 0 Å². The number of carbonyl (C=O) groups excluding carboxylic acids is 1. The third kappa shape index (κ3) is 2.40. The monoisotopic (exact) mass is 297 g/mol. The molecule has 1 amide bonds. The summed E-state index contributed by atoms with van der Waals surface area (Å²) in [6.45, 7) is 1.99. The lowest BCUT2D eigenvalue weighted by molar-refractivity contribution is 0.0299. The molecule has 2 heterocycles. The molecule has 2 N–H and O–H groups in total. The molecule has 1 saturated heterocycles. The van der Waals surface area contributed by atoms with E-state index in [9.17, 15) is 10.1 Å². The summed E-state index contributed by atoms with van der Waals surface area (Å²) in [5.74, 6) is -0.271. The van der Waals surface area contributed by atoms with Crippen LogP contribution in [0.3, 0.4) is 0 Å². The fraction of sp³-hybridized carbons (Fsp3) is 0.267. The molecule has 3 rings (SSSR count). The lowest BCUT2D eigenvalue weighted by Crippen LogP contribution is -2.41. The highest BCUT2D eigenvalue weighted by Crippen LogP contribution is 2.22. The van der Waals surface area contributed by atoms with Crippen LogP contribution in [0.25, 0.3) is 5.69 Å². The average molecular weight is 297 g/mol. The zero-order chi connectivity index (χ0) is 15.5. The van der Waals surface area contributed by atoms with E-state index in [2.05, 4.69) is 5.10 Å². The molecular weight excluding hydrogens is 282 g/mol. The second-order valence-electron chi connectivity index (χ2n) is 4.87. The summed E-state index contributed by atoms with van der Waals surface area (Å²) in [6.07, 6.45) is 0. The molecule has 1 fully saturated rings. The van der Waals surface area contributed by atoms with E-state index in [0.29, 0.717) is 32.0 Å². The van der Waals surface area contributed by atoms with E-state index in [1.807, 2.05) is 24.3 Å². The van der Waals surface area contributed by atoms with Gasteiger partial charge in [-0.25, -0.2) is 4.68 Å². The minimum absolute atomic E-state index is 0.113. The largest absolute Gasteiger partial charge is 0.394 e. The minimum atomic E-state index is -0.271. The number of morpholine rings is 1. The fourth-order valence-electron chi connectivity index (χ4n) is 2.37. The van der Waals surface area contributed by atoms with E-state index in [1.165, 1.54) is 4.68 Å². The number of hydrogen-bond donors (Lipinski definition) is 1. The molecule has 0 bridgehead atoms. The van der Waals surface area contributed by atoms with E-state index in [-0.39, 0.29) is 23.0 Å². The number of aromatic nitrogens is 2. The summed E-state index contributed by atoms with van der Waals surface area (Å²) in [5.41, 5.74) is 7.06. The van der Waals surface area contributed by atoms with Crippen LogP contribution in [0.5, 0.6) is 0 Å². The van der Waals surface area contributed by atoms with Gasteiger partial charge in [0.25, 0.3) is 5.91 Å². The maximum atomic E-state index is 12.5. The Morgan fingerprint density at radius 3 is 2.59 bits per heavy atom. The molecule has 0 unspecified atom stereocenters. The number of para-hydroxylation sites is 1. The van der Waals surface area contributed by atoms with Crippen LogP contribution in [0, 0.1) is 11.3 Å². The van der Waals surface area contributed by atoms with Crippen LogP contribution in [0.2, 0.25) is 0 Å². The van der Waals surface area contributed by atoms with E-state index in [0.717, 1.165) is 0 Å². The van der Waals surface area contributed by atoms with Crippen molar-refractivity contribution in [3.8, 4) is 11.8 Å². The van der Waals surface area contributed by atoms with Crippen molar-refractivity contribution in [2.45, 2.75) is 0 Å². The summed E-state index contributed by atoms with van der Waals surface area (Å²) in [4.78, 5) is 14.2. The van der Waals surface area contributed by atoms with Gasteiger partial charge in [0.1, 0.15) is 11.8 Å². The second-order valence-corrected chi connectivity index (χ2v) is 4.87. The summed E-state index contributed by atoms with van der Waals surface area (Å²) in [7, 11) is 0. The molecule has 0 aliphatic carbocycles. The molecule has 0 radical (unpaired) electrons. The molecule has 1 aliphatic heterocycles. The van der Waals surface area contributed by atoms with Gasteiger partial charge in [-0.15, -0.1) is 0 Å². The van der Waals surface area contributed by atoms with E-state index < -0.39 is 0 Å². The molecule has 112 valence electrons. The Labute approximate surface area is 127 Å². The number of anilines is 1. The molecule has 7 heteroatoms. The van der Waals surface area contributed by atoms with Gasteiger partial charge in [-0.3, -0.25) is 4.79 Å². The third-order valence-electron chi connectivity index (χ3n) is 3.53. The van der Waals surface area contributed by atoms with Crippen molar-refractivity contribution in [2.24, 2.45) is 0 Å². The van der Waals surface area contributed by atoms with Crippen LogP contribution in [0.4, 0.5) is 5.69 Å². The zero-order valence-electron chi connectivity index (χ0n) is 11.9. The number of ether oxygens (including phenoxy) is 1. The van der Waals surface area contributed by atoms with Gasteiger partial charge in [0.2, 0.25) is 0 Å². The van der Waals surface area contributed by atoms with Crippen molar-refractivity contribution >= 4 is 11.6 Å². The number of nitrogens with two attached hydrogens (primary N) is 1. The predicted molar refractivity (Wildman–Crippen MR) is 79.4 cm³/mol. The first kappa shape index (κ1) is 14.1. The Bertz CT molecular complexity index is 726. The molecular formula is C15H15N5O2. The van der Waals surface area contributed by atoms with Crippen molar-refractivity contribution in [1.82, 2.24) is 14.7 Å². The number of hydrogen-bond acceptors (Lipinski definition) is 5. The standard InChI is InChI=1S/C15H15N5O2/c16-10-12-13(17)14(15(21)19-6-8-22-9-7-19)18-20(12)11-4-2-1-3-5-11/h1-5H,6-9,17H2. The first-order chi connectivity index (χ1) is 10.7. The number of amides is 1.